The molecule has 2 amide bonds. The summed E-state index contributed by atoms with van der Waals surface area (Å²) in [6.07, 6.45) is 1.48. The molecular weight excluding hydrogens is 414 g/mol. The number of rotatable bonds is 8. The van der Waals surface area contributed by atoms with Gasteiger partial charge in [-0.15, -0.1) is 0 Å². The van der Waals surface area contributed by atoms with E-state index in [9.17, 15) is 14.4 Å². The van der Waals surface area contributed by atoms with Gasteiger partial charge in [-0.2, -0.15) is 0 Å². The number of anilines is 2. The van der Waals surface area contributed by atoms with Crippen molar-refractivity contribution in [2.45, 2.75) is 6.92 Å². The van der Waals surface area contributed by atoms with Crippen molar-refractivity contribution < 1.29 is 28.6 Å². The number of carbonyl (C=O) groups is 3. The van der Waals surface area contributed by atoms with E-state index in [0.29, 0.717) is 22.9 Å². The van der Waals surface area contributed by atoms with E-state index in [-0.39, 0.29) is 17.4 Å². The SMILES string of the molecule is COc1ccc(NC(C)=O)cc1NC(=O)COC(=O)c1cccnc1Oc1ccccc1. The van der Waals surface area contributed by atoms with Crippen molar-refractivity contribution in [2.24, 2.45) is 0 Å². The normalized spacial score (nSPS) is 10.1. The van der Waals surface area contributed by atoms with Gasteiger partial charge >= 0.3 is 5.97 Å². The van der Waals surface area contributed by atoms with Gasteiger partial charge in [0.15, 0.2) is 6.61 Å². The Bertz CT molecular complexity index is 1120. The highest BCUT2D eigenvalue weighted by Gasteiger charge is 2.18. The smallest absolute Gasteiger partial charge is 0.344 e. The molecule has 3 rings (SSSR count). The zero-order chi connectivity index (χ0) is 22.9. The Morgan fingerprint density at radius 3 is 2.47 bits per heavy atom. The Kier molecular flexibility index (Phi) is 7.37. The molecule has 0 bridgehead atoms. The molecule has 0 saturated heterocycles. The van der Waals surface area contributed by atoms with Crippen molar-refractivity contribution in [3.05, 3.63) is 72.4 Å². The molecule has 0 spiro atoms. The summed E-state index contributed by atoms with van der Waals surface area (Å²) in [6, 6.07) is 16.7. The molecule has 0 saturated carbocycles. The van der Waals surface area contributed by atoms with Crippen molar-refractivity contribution in [1.82, 2.24) is 4.98 Å². The fourth-order valence-electron chi connectivity index (χ4n) is 2.71. The van der Waals surface area contributed by atoms with Gasteiger partial charge in [-0.05, 0) is 42.5 Å². The lowest BCUT2D eigenvalue weighted by Crippen LogP contribution is -2.21. The Morgan fingerprint density at radius 1 is 0.969 bits per heavy atom. The first-order valence-corrected chi connectivity index (χ1v) is 9.57. The number of ether oxygens (including phenoxy) is 3. The molecule has 9 heteroatoms. The van der Waals surface area contributed by atoms with Gasteiger partial charge in [0.2, 0.25) is 11.8 Å². The van der Waals surface area contributed by atoms with Gasteiger partial charge < -0.3 is 24.8 Å². The summed E-state index contributed by atoms with van der Waals surface area (Å²) in [5.41, 5.74) is 0.868. The van der Waals surface area contributed by atoms with Gasteiger partial charge in [-0.3, -0.25) is 9.59 Å². The predicted molar refractivity (Wildman–Crippen MR) is 117 cm³/mol. The van der Waals surface area contributed by atoms with E-state index in [1.54, 1.807) is 42.5 Å². The Balaban J connectivity index is 1.65. The number of esters is 1. The largest absolute Gasteiger partial charge is 0.495 e. The van der Waals surface area contributed by atoms with Crippen LogP contribution in [0.1, 0.15) is 17.3 Å². The fourth-order valence-corrected chi connectivity index (χ4v) is 2.71. The monoisotopic (exact) mass is 435 g/mol. The van der Waals surface area contributed by atoms with Crippen LogP contribution in [0.2, 0.25) is 0 Å². The van der Waals surface area contributed by atoms with Gasteiger partial charge in [0, 0.05) is 18.8 Å². The van der Waals surface area contributed by atoms with Crippen LogP contribution < -0.4 is 20.1 Å². The van der Waals surface area contributed by atoms with Crippen LogP contribution in [0.3, 0.4) is 0 Å². The molecule has 0 aliphatic rings. The van der Waals surface area contributed by atoms with Gasteiger partial charge in [-0.1, -0.05) is 18.2 Å². The zero-order valence-electron chi connectivity index (χ0n) is 17.5. The third kappa shape index (κ3) is 6.05. The number of nitrogens with zero attached hydrogens (tertiary/aromatic N) is 1. The number of hydrogen-bond donors (Lipinski definition) is 2. The summed E-state index contributed by atoms with van der Waals surface area (Å²) in [7, 11) is 1.44. The van der Waals surface area contributed by atoms with E-state index in [0.717, 1.165) is 0 Å². The molecule has 0 unspecified atom stereocenters. The maximum Gasteiger partial charge on any atom is 0.344 e. The van der Waals surface area contributed by atoms with Crippen LogP contribution in [-0.4, -0.2) is 36.5 Å². The number of nitrogens with one attached hydrogen (secondary N) is 2. The van der Waals surface area contributed by atoms with Crippen LogP contribution in [0.25, 0.3) is 0 Å². The second-order valence-electron chi connectivity index (χ2n) is 6.49. The molecule has 164 valence electrons. The first kappa shape index (κ1) is 22.3. The first-order valence-electron chi connectivity index (χ1n) is 9.57. The number of methoxy groups -OCH3 is 1. The number of benzene rings is 2. The molecule has 0 radical (unpaired) electrons. The van der Waals surface area contributed by atoms with E-state index in [1.165, 1.54) is 32.4 Å². The molecule has 0 aliphatic carbocycles. The van der Waals surface area contributed by atoms with Crippen LogP contribution in [0, 0.1) is 0 Å². The molecule has 2 aromatic carbocycles. The topological polar surface area (TPSA) is 116 Å². The van der Waals surface area contributed by atoms with Crippen molar-refractivity contribution in [1.29, 1.82) is 0 Å². The standard InChI is InChI=1S/C23H21N3O6/c1-15(27)25-16-10-11-20(30-2)19(13-16)26-21(28)14-31-23(29)18-9-6-12-24-22(18)32-17-7-4-3-5-8-17/h3-13H,14H2,1-2H3,(H,25,27)(H,26,28). The summed E-state index contributed by atoms with van der Waals surface area (Å²) in [6.45, 7) is 0.822. The highest BCUT2D eigenvalue weighted by atomic mass is 16.5. The van der Waals surface area contributed by atoms with E-state index >= 15 is 0 Å². The van der Waals surface area contributed by atoms with Crippen LogP contribution in [-0.2, 0) is 14.3 Å². The summed E-state index contributed by atoms with van der Waals surface area (Å²) >= 11 is 0. The van der Waals surface area contributed by atoms with Crippen molar-refractivity contribution in [3.63, 3.8) is 0 Å². The van der Waals surface area contributed by atoms with Crippen molar-refractivity contribution in [3.8, 4) is 17.4 Å². The lowest BCUT2D eigenvalue weighted by Gasteiger charge is -2.13. The molecule has 32 heavy (non-hydrogen) atoms. The third-order valence-electron chi connectivity index (χ3n) is 4.08. The minimum atomic E-state index is -0.766. The van der Waals surface area contributed by atoms with Gasteiger partial charge in [0.1, 0.15) is 17.1 Å². The minimum absolute atomic E-state index is 0.0637. The highest BCUT2D eigenvalue weighted by Crippen LogP contribution is 2.28. The van der Waals surface area contributed by atoms with Gasteiger partial charge in [0.25, 0.3) is 5.91 Å². The Hall–Kier alpha value is -4.40. The average molecular weight is 435 g/mol. The predicted octanol–water partition coefficient (Wildman–Crippen LogP) is 3.64. The number of carbonyl (C=O) groups excluding carboxylic acids is 3. The quantitative estimate of drug-likeness (QED) is 0.519. The summed E-state index contributed by atoms with van der Waals surface area (Å²) in [4.78, 5) is 40.2. The number of para-hydroxylation sites is 1. The second-order valence-corrected chi connectivity index (χ2v) is 6.49. The van der Waals surface area contributed by atoms with Crippen LogP contribution in [0.5, 0.6) is 17.4 Å². The van der Waals surface area contributed by atoms with E-state index in [1.807, 2.05) is 6.07 Å². The van der Waals surface area contributed by atoms with Crippen molar-refractivity contribution >= 4 is 29.2 Å². The van der Waals surface area contributed by atoms with E-state index in [2.05, 4.69) is 15.6 Å². The highest BCUT2D eigenvalue weighted by molar-refractivity contribution is 5.98. The molecule has 3 aromatic rings. The molecule has 1 aromatic heterocycles. The second kappa shape index (κ2) is 10.6. The number of pyridine rings is 1. The average Bonchev–Trinajstić information content (AvgIpc) is 2.78. The number of aromatic nitrogens is 1. The fraction of sp³-hybridized carbons (Fsp3) is 0.130. The zero-order valence-corrected chi connectivity index (χ0v) is 17.5. The summed E-state index contributed by atoms with van der Waals surface area (Å²) in [5, 5.41) is 5.21. The molecule has 1 heterocycles. The summed E-state index contributed by atoms with van der Waals surface area (Å²) < 4.78 is 16.0. The number of hydrogen-bond acceptors (Lipinski definition) is 7. The van der Waals surface area contributed by atoms with Crippen LogP contribution >= 0.6 is 0 Å². The Morgan fingerprint density at radius 2 is 1.75 bits per heavy atom. The molecule has 0 atom stereocenters. The Labute approximate surface area is 184 Å². The minimum Gasteiger partial charge on any atom is -0.495 e. The van der Waals surface area contributed by atoms with Crippen molar-refractivity contribution in [2.75, 3.05) is 24.4 Å². The molecular formula is C23H21N3O6. The first-order chi connectivity index (χ1) is 15.5. The molecule has 0 aliphatic heterocycles. The van der Waals surface area contributed by atoms with E-state index < -0.39 is 18.5 Å². The third-order valence-corrected chi connectivity index (χ3v) is 4.08. The summed E-state index contributed by atoms with van der Waals surface area (Å²) in [5.74, 6) is -0.668. The van der Waals surface area contributed by atoms with Crippen LogP contribution in [0.15, 0.2) is 66.9 Å². The number of amides is 2. The maximum absolute atomic E-state index is 12.5. The lowest BCUT2D eigenvalue weighted by atomic mass is 10.2. The molecule has 2 N–H and O–H groups in total. The molecule has 9 nitrogen and oxygen atoms in total. The van der Waals surface area contributed by atoms with E-state index in [4.69, 9.17) is 14.2 Å². The maximum atomic E-state index is 12.5. The van der Waals surface area contributed by atoms with Gasteiger partial charge in [0.05, 0.1) is 12.8 Å². The van der Waals surface area contributed by atoms with Gasteiger partial charge in [-0.25, -0.2) is 9.78 Å². The lowest BCUT2D eigenvalue weighted by molar-refractivity contribution is -0.119. The van der Waals surface area contributed by atoms with Crippen LogP contribution in [0.4, 0.5) is 11.4 Å². The molecule has 0 fully saturated rings.